The molecule has 0 aliphatic carbocycles. The number of amides is 1. The van der Waals surface area contributed by atoms with Crippen LogP contribution in [0.4, 0.5) is 0 Å². The topological polar surface area (TPSA) is 55.1 Å². The van der Waals surface area contributed by atoms with E-state index in [1.807, 2.05) is 19.1 Å². The maximum atomic E-state index is 11.1. The van der Waals surface area contributed by atoms with E-state index in [2.05, 4.69) is 5.32 Å². The summed E-state index contributed by atoms with van der Waals surface area (Å²) in [5.74, 6) is -0.106. The van der Waals surface area contributed by atoms with E-state index in [0.717, 1.165) is 4.88 Å². The predicted molar refractivity (Wildman–Crippen MR) is 54.6 cm³/mol. The molecular weight excluding hydrogens is 184 g/mol. The number of carbonyl (C=O) groups excluding carboxylic acids is 1. The third-order valence-electron chi connectivity index (χ3n) is 1.65. The molecule has 1 amide bonds. The third-order valence-corrected chi connectivity index (χ3v) is 2.65. The van der Waals surface area contributed by atoms with Gasteiger partial charge in [0.25, 0.3) is 0 Å². The number of hydrogen-bond donors (Lipinski definition) is 2. The highest BCUT2D eigenvalue weighted by molar-refractivity contribution is 7.11. The molecule has 0 unspecified atom stereocenters. The Morgan fingerprint density at radius 3 is 2.85 bits per heavy atom. The summed E-state index contributed by atoms with van der Waals surface area (Å²) in [5, 5.41) is 2.76. The fourth-order valence-electron chi connectivity index (χ4n) is 0.915. The van der Waals surface area contributed by atoms with Crippen molar-refractivity contribution in [2.24, 2.45) is 5.73 Å². The summed E-state index contributed by atoms with van der Waals surface area (Å²) in [6, 6.07) is 3.63. The molecule has 0 fully saturated rings. The molecule has 0 saturated heterocycles. The van der Waals surface area contributed by atoms with E-state index in [1.165, 1.54) is 4.88 Å². The smallest absolute Gasteiger partial charge is 0.236 e. The van der Waals surface area contributed by atoms with E-state index in [0.29, 0.717) is 6.54 Å². The Bertz CT molecular complexity index is 294. The normalized spacial score (nSPS) is 12.5. The van der Waals surface area contributed by atoms with E-state index in [4.69, 9.17) is 5.73 Å². The molecule has 1 rings (SSSR count). The average molecular weight is 198 g/mol. The standard InChI is InChI=1S/C9H14N2OS/c1-6-3-4-8(13-6)5-11-9(12)7(2)10/h3-4,7H,5,10H2,1-2H3,(H,11,12)/t7-/m0/s1. The van der Waals surface area contributed by atoms with Gasteiger partial charge in [-0.2, -0.15) is 0 Å². The monoisotopic (exact) mass is 198 g/mol. The molecule has 0 spiro atoms. The van der Waals surface area contributed by atoms with E-state index >= 15 is 0 Å². The van der Waals surface area contributed by atoms with Gasteiger partial charge in [-0.15, -0.1) is 11.3 Å². The number of nitrogens with one attached hydrogen (secondary N) is 1. The summed E-state index contributed by atoms with van der Waals surface area (Å²) in [6.45, 7) is 4.30. The molecule has 1 aromatic heterocycles. The minimum Gasteiger partial charge on any atom is -0.350 e. The van der Waals surface area contributed by atoms with Crippen LogP contribution >= 0.6 is 11.3 Å². The molecule has 1 atom stereocenters. The lowest BCUT2D eigenvalue weighted by Gasteiger charge is -2.05. The Morgan fingerprint density at radius 1 is 1.69 bits per heavy atom. The van der Waals surface area contributed by atoms with Gasteiger partial charge in [-0.05, 0) is 26.0 Å². The molecule has 4 heteroatoms. The first-order valence-corrected chi connectivity index (χ1v) is 5.00. The average Bonchev–Trinajstić information content (AvgIpc) is 2.47. The zero-order valence-electron chi connectivity index (χ0n) is 7.83. The number of rotatable bonds is 3. The summed E-state index contributed by atoms with van der Waals surface area (Å²) in [6.07, 6.45) is 0. The highest BCUT2D eigenvalue weighted by Crippen LogP contribution is 2.14. The zero-order chi connectivity index (χ0) is 9.84. The number of thiophene rings is 1. The van der Waals surface area contributed by atoms with Gasteiger partial charge in [-0.25, -0.2) is 0 Å². The first kappa shape index (κ1) is 10.2. The molecule has 72 valence electrons. The Balaban J connectivity index is 2.39. The van der Waals surface area contributed by atoms with Gasteiger partial charge in [0.15, 0.2) is 0 Å². The third kappa shape index (κ3) is 3.16. The van der Waals surface area contributed by atoms with E-state index in [9.17, 15) is 4.79 Å². The highest BCUT2D eigenvalue weighted by atomic mass is 32.1. The Labute approximate surface area is 81.9 Å². The van der Waals surface area contributed by atoms with E-state index in [-0.39, 0.29) is 5.91 Å². The molecule has 0 aliphatic heterocycles. The quantitative estimate of drug-likeness (QED) is 0.762. The maximum Gasteiger partial charge on any atom is 0.236 e. The molecule has 3 N–H and O–H groups in total. The molecule has 0 aliphatic rings. The van der Waals surface area contributed by atoms with Gasteiger partial charge in [0.05, 0.1) is 12.6 Å². The first-order chi connectivity index (χ1) is 6.09. The van der Waals surface area contributed by atoms with Gasteiger partial charge in [-0.3, -0.25) is 4.79 Å². The minimum absolute atomic E-state index is 0.106. The SMILES string of the molecule is Cc1ccc(CNC(=O)[C@H](C)N)s1. The van der Waals surface area contributed by atoms with Crippen molar-refractivity contribution in [3.63, 3.8) is 0 Å². The van der Waals surface area contributed by atoms with Crippen LogP contribution in [0.5, 0.6) is 0 Å². The van der Waals surface area contributed by atoms with Crippen molar-refractivity contribution in [3.8, 4) is 0 Å². The van der Waals surface area contributed by atoms with Gasteiger partial charge >= 0.3 is 0 Å². The van der Waals surface area contributed by atoms with Crippen LogP contribution in [-0.4, -0.2) is 11.9 Å². The largest absolute Gasteiger partial charge is 0.350 e. The van der Waals surface area contributed by atoms with Crippen molar-refractivity contribution in [2.45, 2.75) is 26.4 Å². The van der Waals surface area contributed by atoms with Crippen LogP contribution in [0.25, 0.3) is 0 Å². The van der Waals surface area contributed by atoms with Crippen molar-refractivity contribution in [1.29, 1.82) is 0 Å². The number of hydrogen-bond acceptors (Lipinski definition) is 3. The number of carbonyl (C=O) groups is 1. The molecule has 0 bridgehead atoms. The molecule has 13 heavy (non-hydrogen) atoms. The van der Waals surface area contributed by atoms with Crippen molar-refractivity contribution < 1.29 is 4.79 Å². The lowest BCUT2D eigenvalue weighted by molar-refractivity contribution is -0.122. The van der Waals surface area contributed by atoms with Gasteiger partial charge in [0.1, 0.15) is 0 Å². The molecule has 1 aromatic rings. The minimum atomic E-state index is -0.430. The fraction of sp³-hybridized carbons (Fsp3) is 0.444. The molecule has 3 nitrogen and oxygen atoms in total. The zero-order valence-corrected chi connectivity index (χ0v) is 8.65. The lowest BCUT2D eigenvalue weighted by Crippen LogP contribution is -2.37. The number of nitrogens with two attached hydrogens (primary N) is 1. The second-order valence-corrected chi connectivity index (χ2v) is 4.39. The molecule has 1 heterocycles. The molecule has 0 aromatic carbocycles. The lowest BCUT2D eigenvalue weighted by atomic mass is 10.3. The van der Waals surface area contributed by atoms with Crippen LogP contribution in [0, 0.1) is 6.92 Å². The second kappa shape index (κ2) is 4.39. The summed E-state index contributed by atoms with van der Waals surface area (Å²) >= 11 is 1.69. The van der Waals surface area contributed by atoms with Crippen molar-refractivity contribution in [3.05, 3.63) is 21.9 Å². The fourth-order valence-corrected chi connectivity index (χ4v) is 1.75. The molecular formula is C9H14N2OS. The van der Waals surface area contributed by atoms with Gasteiger partial charge in [0.2, 0.25) is 5.91 Å². The second-order valence-electron chi connectivity index (χ2n) is 3.02. The van der Waals surface area contributed by atoms with Gasteiger partial charge in [-0.1, -0.05) is 0 Å². The van der Waals surface area contributed by atoms with Crippen LogP contribution in [-0.2, 0) is 11.3 Å². The van der Waals surface area contributed by atoms with Crippen LogP contribution in [0.15, 0.2) is 12.1 Å². The Morgan fingerprint density at radius 2 is 2.38 bits per heavy atom. The van der Waals surface area contributed by atoms with Crippen molar-refractivity contribution >= 4 is 17.2 Å². The van der Waals surface area contributed by atoms with Crippen LogP contribution in [0.3, 0.4) is 0 Å². The maximum absolute atomic E-state index is 11.1. The molecule has 0 radical (unpaired) electrons. The van der Waals surface area contributed by atoms with E-state index < -0.39 is 6.04 Å². The van der Waals surface area contributed by atoms with Crippen molar-refractivity contribution in [1.82, 2.24) is 5.32 Å². The molecule has 0 saturated carbocycles. The number of aryl methyl sites for hydroxylation is 1. The van der Waals surface area contributed by atoms with Gasteiger partial charge in [0, 0.05) is 9.75 Å². The Hall–Kier alpha value is -0.870. The van der Waals surface area contributed by atoms with Crippen LogP contribution in [0.2, 0.25) is 0 Å². The van der Waals surface area contributed by atoms with E-state index in [1.54, 1.807) is 18.3 Å². The highest BCUT2D eigenvalue weighted by Gasteiger charge is 2.06. The van der Waals surface area contributed by atoms with Gasteiger partial charge < -0.3 is 11.1 Å². The summed E-state index contributed by atoms with van der Waals surface area (Å²) in [5.41, 5.74) is 5.40. The Kier molecular flexibility index (Phi) is 3.45. The van der Waals surface area contributed by atoms with Crippen LogP contribution in [0.1, 0.15) is 16.7 Å². The summed E-state index contributed by atoms with van der Waals surface area (Å²) in [4.78, 5) is 13.5. The van der Waals surface area contributed by atoms with Crippen LogP contribution < -0.4 is 11.1 Å². The summed E-state index contributed by atoms with van der Waals surface area (Å²) in [7, 11) is 0. The predicted octanol–water partition coefficient (Wildman–Crippen LogP) is 1.02. The van der Waals surface area contributed by atoms with Crippen molar-refractivity contribution in [2.75, 3.05) is 0 Å². The first-order valence-electron chi connectivity index (χ1n) is 4.18. The summed E-state index contributed by atoms with van der Waals surface area (Å²) < 4.78 is 0.